The van der Waals surface area contributed by atoms with Crippen LogP contribution in [-0.4, -0.2) is 18.6 Å². The number of pyridine rings is 1. The van der Waals surface area contributed by atoms with Gasteiger partial charge in [0.05, 0.1) is 13.3 Å². The van der Waals surface area contributed by atoms with Gasteiger partial charge in [-0.25, -0.2) is 0 Å². The average molecular weight is 206 g/mol. The third-order valence-electron chi connectivity index (χ3n) is 3.62. The Balaban J connectivity index is 2.18. The lowest BCUT2D eigenvalue weighted by Gasteiger charge is -2.03. The molecule has 0 saturated heterocycles. The van der Waals surface area contributed by atoms with Crippen molar-refractivity contribution in [2.75, 3.05) is 13.7 Å². The van der Waals surface area contributed by atoms with Crippen LogP contribution in [0.1, 0.15) is 25.5 Å². The van der Waals surface area contributed by atoms with Gasteiger partial charge in [0.25, 0.3) is 0 Å². The van der Waals surface area contributed by atoms with E-state index >= 15 is 0 Å². The van der Waals surface area contributed by atoms with Crippen LogP contribution in [0.2, 0.25) is 0 Å². The molecule has 1 saturated carbocycles. The molecule has 1 aromatic heterocycles. The Morgan fingerprint density at radius 1 is 1.47 bits per heavy atom. The summed E-state index contributed by atoms with van der Waals surface area (Å²) < 4.78 is 5.09. The number of nitrogens with zero attached hydrogens (tertiary/aromatic N) is 1. The summed E-state index contributed by atoms with van der Waals surface area (Å²) in [6, 6.07) is 4.01. The molecule has 1 aromatic rings. The van der Waals surface area contributed by atoms with E-state index in [0.717, 1.165) is 18.0 Å². The molecule has 0 aliphatic heterocycles. The van der Waals surface area contributed by atoms with E-state index in [2.05, 4.69) is 18.8 Å². The van der Waals surface area contributed by atoms with Crippen LogP contribution < -0.4 is 10.5 Å². The maximum Gasteiger partial charge on any atom is 0.137 e. The highest BCUT2D eigenvalue weighted by Crippen LogP contribution is 2.63. The first-order chi connectivity index (χ1) is 7.11. The number of hydrogen-bond donors (Lipinski definition) is 1. The van der Waals surface area contributed by atoms with Crippen molar-refractivity contribution in [3.8, 4) is 5.75 Å². The topological polar surface area (TPSA) is 48.1 Å². The van der Waals surface area contributed by atoms with Crippen LogP contribution >= 0.6 is 0 Å². The smallest absolute Gasteiger partial charge is 0.137 e. The van der Waals surface area contributed by atoms with Crippen LogP contribution in [0.15, 0.2) is 18.3 Å². The van der Waals surface area contributed by atoms with Crippen LogP contribution in [0.25, 0.3) is 0 Å². The number of methoxy groups -OCH3 is 1. The molecule has 0 spiro atoms. The molecule has 2 atom stereocenters. The number of aromatic nitrogens is 1. The Labute approximate surface area is 90.7 Å². The quantitative estimate of drug-likeness (QED) is 0.820. The molecule has 82 valence electrons. The van der Waals surface area contributed by atoms with Crippen molar-refractivity contribution >= 4 is 0 Å². The summed E-state index contributed by atoms with van der Waals surface area (Å²) in [6.45, 7) is 5.24. The number of nitrogens with two attached hydrogens (primary N) is 1. The molecule has 2 rings (SSSR count). The van der Waals surface area contributed by atoms with E-state index in [1.165, 1.54) is 0 Å². The van der Waals surface area contributed by atoms with Gasteiger partial charge in [-0.15, -0.1) is 0 Å². The van der Waals surface area contributed by atoms with Crippen molar-refractivity contribution in [2.45, 2.75) is 19.8 Å². The first kappa shape index (κ1) is 10.4. The van der Waals surface area contributed by atoms with Crippen LogP contribution in [0.4, 0.5) is 0 Å². The first-order valence-electron chi connectivity index (χ1n) is 5.31. The van der Waals surface area contributed by atoms with Gasteiger partial charge in [0, 0.05) is 11.6 Å². The predicted octanol–water partition coefficient (Wildman–Crippen LogP) is 1.79. The van der Waals surface area contributed by atoms with Gasteiger partial charge in [-0.3, -0.25) is 4.98 Å². The normalized spacial score (nSPS) is 27.5. The van der Waals surface area contributed by atoms with Crippen molar-refractivity contribution < 1.29 is 4.74 Å². The lowest BCUT2D eigenvalue weighted by atomic mass is 10.1. The molecule has 1 heterocycles. The minimum absolute atomic E-state index is 0.302. The molecule has 1 aliphatic carbocycles. The average Bonchev–Trinajstić information content (AvgIpc) is 2.80. The second-order valence-electron chi connectivity index (χ2n) is 4.76. The van der Waals surface area contributed by atoms with Crippen molar-refractivity contribution in [1.29, 1.82) is 0 Å². The second-order valence-corrected chi connectivity index (χ2v) is 4.76. The standard InChI is InChI=1S/C12H18N2O/c1-12(2)9(6-13)11(12)10-5-4-8(15-3)7-14-10/h4-5,7,9,11H,6,13H2,1-3H3/t9-,11+/m1/s1. The molecular formula is C12H18N2O. The van der Waals surface area contributed by atoms with Gasteiger partial charge in [-0.1, -0.05) is 13.8 Å². The molecule has 0 amide bonds. The monoisotopic (exact) mass is 206 g/mol. The Kier molecular flexibility index (Phi) is 2.43. The van der Waals surface area contributed by atoms with E-state index in [4.69, 9.17) is 10.5 Å². The summed E-state index contributed by atoms with van der Waals surface area (Å²) in [7, 11) is 1.65. The molecule has 1 fully saturated rings. The van der Waals surface area contributed by atoms with E-state index in [0.29, 0.717) is 17.3 Å². The molecule has 2 N–H and O–H groups in total. The fraction of sp³-hybridized carbons (Fsp3) is 0.583. The Bertz CT molecular complexity index is 345. The van der Waals surface area contributed by atoms with E-state index in [9.17, 15) is 0 Å². The van der Waals surface area contributed by atoms with E-state index in [1.807, 2.05) is 12.1 Å². The van der Waals surface area contributed by atoms with Crippen molar-refractivity contribution in [1.82, 2.24) is 4.98 Å². The van der Waals surface area contributed by atoms with Gasteiger partial charge >= 0.3 is 0 Å². The molecule has 0 unspecified atom stereocenters. The van der Waals surface area contributed by atoms with E-state index in [-0.39, 0.29) is 0 Å². The summed E-state index contributed by atoms with van der Waals surface area (Å²) >= 11 is 0. The van der Waals surface area contributed by atoms with Crippen LogP contribution in [0.3, 0.4) is 0 Å². The minimum atomic E-state index is 0.302. The maximum atomic E-state index is 5.74. The van der Waals surface area contributed by atoms with E-state index in [1.54, 1.807) is 13.3 Å². The zero-order valence-corrected chi connectivity index (χ0v) is 9.53. The zero-order chi connectivity index (χ0) is 11.1. The number of ether oxygens (including phenoxy) is 1. The van der Waals surface area contributed by atoms with Gasteiger partial charge in [0.15, 0.2) is 0 Å². The summed E-state index contributed by atoms with van der Waals surface area (Å²) in [5.74, 6) is 1.88. The highest BCUT2D eigenvalue weighted by molar-refractivity contribution is 5.29. The summed E-state index contributed by atoms with van der Waals surface area (Å²) in [5, 5.41) is 0. The first-order valence-corrected chi connectivity index (χ1v) is 5.31. The zero-order valence-electron chi connectivity index (χ0n) is 9.53. The van der Waals surface area contributed by atoms with Crippen molar-refractivity contribution in [2.24, 2.45) is 17.1 Å². The second kappa shape index (κ2) is 3.49. The summed E-state index contributed by atoms with van der Waals surface area (Å²) in [5.41, 5.74) is 7.18. The highest BCUT2D eigenvalue weighted by atomic mass is 16.5. The van der Waals surface area contributed by atoms with Crippen molar-refractivity contribution in [3.05, 3.63) is 24.0 Å². The highest BCUT2D eigenvalue weighted by Gasteiger charge is 2.57. The van der Waals surface area contributed by atoms with Gasteiger partial charge in [0.1, 0.15) is 5.75 Å². The fourth-order valence-corrected chi connectivity index (χ4v) is 2.47. The molecule has 3 nitrogen and oxygen atoms in total. The Morgan fingerprint density at radius 3 is 2.60 bits per heavy atom. The number of hydrogen-bond acceptors (Lipinski definition) is 3. The Morgan fingerprint density at radius 2 is 2.20 bits per heavy atom. The van der Waals surface area contributed by atoms with Crippen LogP contribution in [-0.2, 0) is 0 Å². The molecule has 3 heteroatoms. The van der Waals surface area contributed by atoms with Gasteiger partial charge in [-0.2, -0.15) is 0 Å². The van der Waals surface area contributed by atoms with E-state index < -0.39 is 0 Å². The number of rotatable bonds is 3. The lowest BCUT2D eigenvalue weighted by Crippen LogP contribution is -2.05. The summed E-state index contributed by atoms with van der Waals surface area (Å²) in [6.07, 6.45) is 1.78. The lowest BCUT2D eigenvalue weighted by molar-refractivity contribution is 0.412. The molecule has 1 aliphatic rings. The maximum absolute atomic E-state index is 5.74. The van der Waals surface area contributed by atoms with Gasteiger partial charge < -0.3 is 10.5 Å². The van der Waals surface area contributed by atoms with Crippen LogP contribution in [0.5, 0.6) is 5.75 Å². The molecule has 0 aromatic carbocycles. The van der Waals surface area contributed by atoms with Gasteiger partial charge in [-0.05, 0) is 30.0 Å². The van der Waals surface area contributed by atoms with Crippen molar-refractivity contribution in [3.63, 3.8) is 0 Å². The predicted molar refractivity (Wildman–Crippen MR) is 59.9 cm³/mol. The van der Waals surface area contributed by atoms with Gasteiger partial charge in [0.2, 0.25) is 0 Å². The molecule has 0 radical (unpaired) electrons. The van der Waals surface area contributed by atoms with Crippen LogP contribution in [0, 0.1) is 11.3 Å². The summed E-state index contributed by atoms with van der Waals surface area (Å²) in [4.78, 5) is 4.42. The minimum Gasteiger partial charge on any atom is -0.495 e. The Hall–Kier alpha value is -1.09. The largest absolute Gasteiger partial charge is 0.495 e. The third kappa shape index (κ3) is 1.61. The SMILES string of the molecule is COc1ccc([C@@H]2[C@@H](CN)C2(C)C)nc1. The molecular weight excluding hydrogens is 188 g/mol. The fourth-order valence-electron chi connectivity index (χ4n) is 2.47. The third-order valence-corrected chi connectivity index (χ3v) is 3.62. The molecule has 0 bridgehead atoms. The molecule has 15 heavy (non-hydrogen) atoms.